The minimum atomic E-state index is 0.440. The summed E-state index contributed by atoms with van der Waals surface area (Å²) in [4.78, 5) is 4.35. The molecule has 0 amide bonds. The van der Waals surface area contributed by atoms with Crippen LogP contribution in [0.3, 0.4) is 0 Å². The van der Waals surface area contributed by atoms with Gasteiger partial charge >= 0.3 is 0 Å². The lowest BCUT2D eigenvalue weighted by molar-refractivity contribution is 0.534. The van der Waals surface area contributed by atoms with E-state index in [1.807, 2.05) is 12.3 Å². The maximum atomic E-state index is 4.35. The van der Waals surface area contributed by atoms with Crippen molar-refractivity contribution < 1.29 is 0 Å². The molecule has 2 nitrogen and oxygen atoms in total. The predicted octanol–water partition coefficient (Wildman–Crippen LogP) is 3.22. The minimum Gasteiger partial charge on any atom is -0.310 e. The van der Waals surface area contributed by atoms with E-state index >= 15 is 0 Å². The first-order valence-corrected chi connectivity index (χ1v) is 7.41. The fourth-order valence-electron chi connectivity index (χ4n) is 1.94. The van der Waals surface area contributed by atoms with Crippen LogP contribution in [0.5, 0.6) is 0 Å². The molecule has 0 radical (unpaired) electrons. The number of halogens is 1. The van der Waals surface area contributed by atoms with Gasteiger partial charge in [-0.15, -0.1) is 0 Å². The van der Waals surface area contributed by atoms with Gasteiger partial charge in [-0.25, -0.2) is 0 Å². The number of pyridine rings is 1. The summed E-state index contributed by atoms with van der Waals surface area (Å²) in [5.74, 6) is 1.31. The van der Waals surface area contributed by atoms with Gasteiger partial charge in [0.25, 0.3) is 0 Å². The molecule has 0 aliphatic carbocycles. The molecule has 1 aromatic rings. The summed E-state index contributed by atoms with van der Waals surface area (Å²) < 4.78 is 1.48. The van der Waals surface area contributed by atoms with E-state index in [0.717, 1.165) is 23.3 Å². The molecule has 1 aliphatic rings. The Morgan fingerprint density at radius 1 is 1.56 bits per heavy atom. The van der Waals surface area contributed by atoms with Gasteiger partial charge < -0.3 is 5.32 Å². The normalized spacial score (nSPS) is 24.9. The summed E-state index contributed by atoms with van der Waals surface area (Å²) in [6.07, 6.45) is 4.54. The van der Waals surface area contributed by atoms with Gasteiger partial charge in [-0.1, -0.05) is 0 Å². The van der Waals surface area contributed by atoms with Crippen LogP contribution in [-0.2, 0) is 6.54 Å². The molecule has 1 N–H and O–H groups in total. The minimum absolute atomic E-state index is 0.440. The average molecular weight is 301 g/mol. The fourth-order valence-corrected chi connectivity index (χ4v) is 3.45. The van der Waals surface area contributed by atoms with E-state index in [9.17, 15) is 0 Å². The number of nitrogens with one attached hydrogen (secondary N) is 1. The molecule has 0 spiro atoms. The van der Waals surface area contributed by atoms with Gasteiger partial charge in [-0.3, -0.25) is 4.98 Å². The summed E-state index contributed by atoms with van der Waals surface area (Å²) in [6.45, 7) is 4.30. The Hall–Kier alpha value is -0.0600. The quantitative estimate of drug-likeness (QED) is 0.924. The molecule has 1 aromatic heterocycles. The van der Waals surface area contributed by atoms with Crippen molar-refractivity contribution in [3.05, 3.63) is 28.5 Å². The molecule has 16 heavy (non-hydrogen) atoms. The highest BCUT2D eigenvalue weighted by atomic mass is 79.9. The van der Waals surface area contributed by atoms with Crippen molar-refractivity contribution in [2.75, 3.05) is 12.3 Å². The van der Waals surface area contributed by atoms with Crippen molar-refractivity contribution in [3.8, 4) is 0 Å². The SMILES string of the molecule is CC1(CNCc2ccc(Br)cn2)CCCS1. The molecule has 0 bridgehead atoms. The lowest BCUT2D eigenvalue weighted by Crippen LogP contribution is -2.32. The first-order chi connectivity index (χ1) is 7.68. The van der Waals surface area contributed by atoms with E-state index in [-0.39, 0.29) is 0 Å². The molecule has 1 atom stereocenters. The Morgan fingerprint density at radius 3 is 3.06 bits per heavy atom. The third-order valence-corrected chi connectivity index (χ3v) is 4.90. The zero-order valence-electron chi connectivity index (χ0n) is 9.50. The average Bonchev–Trinajstić information content (AvgIpc) is 2.69. The second kappa shape index (κ2) is 5.52. The smallest absolute Gasteiger partial charge is 0.0542 e. The molecular weight excluding hydrogens is 284 g/mol. The maximum absolute atomic E-state index is 4.35. The third kappa shape index (κ3) is 3.47. The molecule has 1 saturated heterocycles. The van der Waals surface area contributed by atoms with Gasteiger partial charge in [0.2, 0.25) is 0 Å². The highest BCUT2D eigenvalue weighted by Crippen LogP contribution is 2.36. The molecule has 88 valence electrons. The first-order valence-electron chi connectivity index (χ1n) is 5.63. The van der Waals surface area contributed by atoms with Crippen molar-refractivity contribution in [2.45, 2.75) is 31.1 Å². The second-order valence-corrected chi connectivity index (χ2v) is 7.07. The van der Waals surface area contributed by atoms with Crippen molar-refractivity contribution >= 4 is 27.7 Å². The van der Waals surface area contributed by atoms with Crippen LogP contribution in [0.15, 0.2) is 22.8 Å². The summed E-state index contributed by atoms with van der Waals surface area (Å²) in [6, 6.07) is 4.09. The Morgan fingerprint density at radius 2 is 2.44 bits per heavy atom. The number of hydrogen-bond donors (Lipinski definition) is 1. The molecule has 1 unspecified atom stereocenters. The van der Waals surface area contributed by atoms with Gasteiger partial charge in [-0.2, -0.15) is 11.8 Å². The van der Waals surface area contributed by atoms with Crippen LogP contribution in [-0.4, -0.2) is 22.0 Å². The zero-order valence-corrected chi connectivity index (χ0v) is 11.9. The molecule has 0 aromatic carbocycles. The fraction of sp³-hybridized carbons (Fsp3) is 0.583. The lowest BCUT2D eigenvalue weighted by atomic mass is 10.1. The number of nitrogens with zero attached hydrogens (tertiary/aromatic N) is 1. The first kappa shape index (κ1) is 12.4. The second-order valence-electron chi connectivity index (χ2n) is 4.47. The van der Waals surface area contributed by atoms with Crippen LogP contribution in [0.4, 0.5) is 0 Å². The summed E-state index contributed by atoms with van der Waals surface area (Å²) in [7, 11) is 0. The van der Waals surface area contributed by atoms with Crippen LogP contribution in [0.2, 0.25) is 0 Å². The summed E-state index contributed by atoms with van der Waals surface area (Å²) in [5, 5.41) is 3.50. The van der Waals surface area contributed by atoms with Crippen molar-refractivity contribution in [2.24, 2.45) is 0 Å². The highest BCUT2D eigenvalue weighted by Gasteiger charge is 2.28. The van der Waals surface area contributed by atoms with Gasteiger partial charge in [0.1, 0.15) is 0 Å². The molecule has 2 rings (SSSR count). The standard InChI is InChI=1S/C12H17BrN2S/c1-12(5-2-6-16-12)9-14-8-11-4-3-10(13)7-15-11/h3-4,7,14H,2,5-6,8-9H2,1H3. The molecule has 4 heteroatoms. The van der Waals surface area contributed by atoms with E-state index in [0.29, 0.717) is 4.75 Å². The van der Waals surface area contributed by atoms with Crippen LogP contribution in [0, 0.1) is 0 Å². The Labute approximate surface area is 110 Å². The lowest BCUT2D eigenvalue weighted by Gasteiger charge is -2.22. The van der Waals surface area contributed by atoms with Crippen LogP contribution in [0.25, 0.3) is 0 Å². The zero-order chi connectivity index (χ0) is 11.4. The van der Waals surface area contributed by atoms with Crippen molar-refractivity contribution in [1.82, 2.24) is 10.3 Å². The summed E-state index contributed by atoms with van der Waals surface area (Å²) in [5.41, 5.74) is 1.11. The topological polar surface area (TPSA) is 24.9 Å². The van der Waals surface area contributed by atoms with Gasteiger partial charge in [0.05, 0.1) is 5.69 Å². The van der Waals surface area contributed by atoms with Crippen LogP contribution >= 0.6 is 27.7 Å². The monoisotopic (exact) mass is 300 g/mol. The molecule has 1 fully saturated rings. The number of aromatic nitrogens is 1. The van der Waals surface area contributed by atoms with Crippen LogP contribution in [0.1, 0.15) is 25.5 Å². The Kier molecular flexibility index (Phi) is 4.27. The number of thioether (sulfide) groups is 1. The summed E-state index contributed by atoms with van der Waals surface area (Å²) >= 11 is 5.48. The Bertz CT molecular complexity index is 333. The molecule has 0 saturated carbocycles. The number of hydrogen-bond acceptors (Lipinski definition) is 3. The van der Waals surface area contributed by atoms with E-state index in [4.69, 9.17) is 0 Å². The predicted molar refractivity (Wildman–Crippen MR) is 73.7 cm³/mol. The largest absolute Gasteiger partial charge is 0.310 e. The van der Waals surface area contributed by atoms with Gasteiger partial charge in [0.15, 0.2) is 0 Å². The van der Waals surface area contributed by atoms with Gasteiger partial charge in [0, 0.05) is 28.5 Å². The molecule has 1 aliphatic heterocycles. The van der Waals surface area contributed by atoms with E-state index in [2.05, 4.69) is 51.0 Å². The molecular formula is C12H17BrN2S. The third-order valence-electron chi connectivity index (χ3n) is 2.89. The highest BCUT2D eigenvalue weighted by molar-refractivity contribution is 9.10. The number of rotatable bonds is 4. The van der Waals surface area contributed by atoms with Crippen molar-refractivity contribution in [1.29, 1.82) is 0 Å². The Balaban J connectivity index is 1.77. The van der Waals surface area contributed by atoms with E-state index < -0.39 is 0 Å². The van der Waals surface area contributed by atoms with Crippen molar-refractivity contribution in [3.63, 3.8) is 0 Å². The van der Waals surface area contributed by atoms with Crippen LogP contribution < -0.4 is 5.32 Å². The van der Waals surface area contributed by atoms with E-state index in [1.165, 1.54) is 18.6 Å². The maximum Gasteiger partial charge on any atom is 0.0542 e. The van der Waals surface area contributed by atoms with Gasteiger partial charge in [-0.05, 0) is 53.6 Å². The van der Waals surface area contributed by atoms with E-state index in [1.54, 1.807) is 0 Å². The molecule has 2 heterocycles.